The van der Waals surface area contributed by atoms with Crippen LogP contribution in [0.5, 0.6) is 0 Å². The van der Waals surface area contributed by atoms with Gasteiger partial charge in [-0.3, -0.25) is 14.4 Å². The quantitative estimate of drug-likeness (QED) is 0.426. The largest absolute Gasteiger partial charge is 0.481 e. The molecule has 1 N–H and O–H groups in total. The Morgan fingerprint density at radius 1 is 1.25 bits per heavy atom. The Kier molecular flexibility index (Phi) is 6.12. The van der Waals surface area contributed by atoms with Gasteiger partial charge in [0.15, 0.2) is 11.7 Å². The molecule has 0 spiro atoms. The van der Waals surface area contributed by atoms with E-state index in [4.69, 9.17) is 9.84 Å². The van der Waals surface area contributed by atoms with Crippen LogP contribution in [0.15, 0.2) is 24.3 Å². The van der Waals surface area contributed by atoms with Gasteiger partial charge in [0, 0.05) is 12.0 Å². The molecular formula is C19H24O5. The minimum Gasteiger partial charge on any atom is -0.481 e. The van der Waals surface area contributed by atoms with Crippen molar-refractivity contribution >= 4 is 17.7 Å². The van der Waals surface area contributed by atoms with Crippen LogP contribution in [0.3, 0.4) is 0 Å². The molecule has 1 aromatic rings. The first-order valence-corrected chi connectivity index (χ1v) is 8.46. The summed E-state index contributed by atoms with van der Waals surface area (Å²) < 4.78 is 4.88. The first kappa shape index (κ1) is 18.2. The minimum absolute atomic E-state index is 0.0113. The smallest absolute Gasteiger partial charge is 0.320 e. The van der Waals surface area contributed by atoms with E-state index >= 15 is 0 Å². The normalized spacial score (nSPS) is 20.2. The van der Waals surface area contributed by atoms with E-state index in [0.717, 1.165) is 0 Å². The molecule has 5 heteroatoms. The summed E-state index contributed by atoms with van der Waals surface area (Å²) in [6.45, 7) is 4.23. The third-order valence-electron chi connectivity index (χ3n) is 4.46. The molecule has 5 nitrogen and oxygen atoms in total. The fourth-order valence-electron chi connectivity index (χ4n) is 2.77. The number of hydrogen-bond acceptors (Lipinski definition) is 4. The van der Waals surface area contributed by atoms with Gasteiger partial charge in [0.2, 0.25) is 0 Å². The lowest BCUT2D eigenvalue weighted by molar-refractivity contribution is -0.158. The number of carbonyl (C=O) groups excluding carboxylic acids is 2. The Labute approximate surface area is 142 Å². The molecule has 0 amide bonds. The molecule has 3 atom stereocenters. The second-order valence-corrected chi connectivity index (χ2v) is 6.46. The first-order chi connectivity index (χ1) is 11.4. The van der Waals surface area contributed by atoms with Gasteiger partial charge in [-0.15, -0.1) is 0 Å². The molecule has 0 bridgehead atoms. The Morgan fingerprint density at radius 2 is 1.88 bits per heavy atom. The van der Waals surface area contributed by atoms with Crippen molar-refractivity contribution in [3.63, 3.8) is 0 Å². The molecule has 1 aliphatic carbocycles. The number of rotatable bonds is 9. The van der Waals surface area contributed by atoms with E-state index in [-0.39, 0.29) is 25.2 Å². The van der Waals surface area contributed by atoms with Crippen LogP contribution < -0.4 is 0 Å². The van der Waals surface area contributed by atoms with Crippen LogP contribution in [-0.2, 0) is 14.3 Å². The lowest BCUT2D eigenvalue weighted by Gasteiger charge is -2.11. The van der Waals surface area contributed by atoms with Crippen molar-refractivity contribution in [1.82, 2.24) is 0 Å². The fraction of sp³-hybridized carbons (Fsp3) is 0.526. The van der Waals surface area contributed by atoms with E-state index in [9.17, 15) is 14.4 Å². The van der Waals surface area contributed by atoms with Gasteiger partial charge in [-0.1, -0.05) is 38.1 Å². The molecule has 2 rings (SSSR count). The molecule has 0 saturated heterocycles. The van der Waals surface area contributed by atoms with Gasteiger partial charge in [-0.25, -0.2) is 0 Å². The topological polar surface area (TPSA) is 80.7 Å². The molecule has 1 saturated carbocycles. The highest BCUT2D eigenvalue weighted by atomic mass is 16.5. The molecule has 3 unspecified atom stereocenters. The van der Waals surface area contributed by atoms with Crippen molar-refractivity contribution in [3.05, 3.63) is 35.4 Å². The number of hydrogen-bond donors (Lipinski definition) is 1. The number of aliphatic carboxylic acids is 1. The van der Waals surface area contributed by atoms with E-state index in [2.05, 4.69) is 6.92 Å². The molecular weight excluding hydrogens is 308 g/mol. The average Bonchev–Trinajstić information content (AvgIpc) is 3.29. The Bertz CT molecular complexity index is 605. The van der Waals surface area contributed by atoms with Crippen molar-refractivity contribution in [2.45, 2.75) is 45.4 Å². The number of carbonyl (C=O) groups is 3. The number of esters is 1. The SMILES string of the molecule is CCCOC(=O)C(CCC(=O)c1ccc(C2CC2C)cc1)C(=O)O. The molecule has 1 aliphatic rings. The second-order valence-electron chi connectivity index (χ2n) is 6.46. The Morgan fingerprint density at radius 3 is 2.38 bits per heavy atom. The summed E-state index contributed by atoms with van der Waals surface area (Å²) in [5.41, 5.74) is 1.80. The second kappa shape index (κ2) is 8.08. The third-order valence-corrected chi connectivity index (χ3v) is 4.46. The monoisotopic (exact) mass is 332 g/mol. The summed E-state index contributed by atoms with van der Waals surface area (Å²) >= 11 is 0. The highest BCUT2D eigenvalue weighted by molar-refractivity contribution is 5.98. The molecule has 0 radical (unpaired) electrons. The van der Waals surface area contributed by atoms with Crippen LogP contribution >= 0.6 is 0 Å². The standard InChI is InChI=1S/C19H24O5/c1-3-10-24-19(23)15(18(21)22)8-9-17(20)14-6-4-13(5-7-14)16-11-12(16)2/h4-7,12,15-16H,3,8-11H2,1-2H3,(H,21,22). The van der Waals surface area contributed by atoms with Crippen LogP contribution in [0.25, 0.3) is 0 Å². The molecule has 24 heavy (non-hydrogen) atoms. The molecule has 0 aromatic heterocycles. The maximum absolute atomic E-state index is 12.2. The van der Waals surface area contributed by atoms with E-state index in [1.165, 1.54) is 12.0 Å². The third kappa shape index (κ3) is 4.66. The van der Waals surface area contributed by atoms with Crippen LogP contribution in [0.1, 0.15) is 61.4 Å². The number of ether oxygens (including phenoxy) is 1. The highest BCUT2D eigenvalue weighted by Crippen LogP contribution is 2.46. The number of carboxylic acid groups (broad SMARTS) is 1. The van der Waals surface area contributed by atoms with Gasteiger partial charge in [0.1, 0.15) is 0 Å². The Balaban J connectivity index is 1.90. The van der Waals surface area contributed by atoms with Gasteiger partial charge in [-0.05, 0) is 36.7 Å². The molecule has 0 aliphatic heterocycles. The molecule has 1 aromatic carbocycles. The van der Waals surface area contributed by atoms with Crippen LogP contribution in [0, 0.1) is 11.8 Å². The van der Waals surface area contributed by atoms with E-state index in [1.807, 2.05) is 19.1 Å². The maximum Gasteiger partial charge on any atom is 0.320 e. The summed E-state index contributed by atoms with van der Waals surface area (Å²) in [5.74, 6) is -2.15. The zero-order chi connectivity index (χ0) is 17.7. The predicted molar refractivity (Wildman–Crippen MR) is 88.9 cm³/mol. The fourth-order valence-corrected chi connectivity index (χ4v) is 2.77. The van der Waals surface area contributed by atoms with Crippen molar-refractivity contribution < 1.29 is 24.2 Å². The lowest BCUT2D eigenvalue weighted by atomic mass is 9.97. The van der Waals surface area contributed by atoms with Crippen molar-refractivity contribution in [3.8, 4) is 0 Å². The molecule has 0 heterocycles. The zero-order valence-electron chi connectivity index (χ0n) is 14.2. The summed E-state index contributed by atoms with van der Waals surface area (Å²) in [7, 11) is 0. The Hall–Kier alpha value is -2.17. The van der Waals surface area contributed by atoms with Crippen molar-refractivity contribution in [2.24, 2.45) is 11.8 Å². The maximum atomic E-state index is 12.2. The van der Waals surface area contributed by atoms with Crippen LogP contribution in [0.4, 0.5) is 0 Å². The van der Waals surface area contributed by atoms with Crippen molar-refractivity contribution in [1.29, 1.82) is 0 Å². The van der Waals surface area contributed by atoms with Gasteiger partial charge >= 0.3 is 11.9 Å². The van der Waals surface area contributed by atoms with E-state index < -0.39 is 17.9 Å². The lowest BCUT2D eigenvalue weighted by Crippen LogP contribution is -2.27. The van der Waals surface area contributed by atoms with Crippen LogP contribution in [0.2, 0.25) is 0 Å². The summed E-state index contributed by atoms with van der Waals surface area (Å²) in [6.07, 6.45) is 1.78. The van der Waals surface area contributed by atoms with E-state index in [0.29, 0.717) is 23.8 Å². The van der Waals surface area contributed by atoms with Crippen LogP contribution in [-0.4, -0.2) is 29.4 Å². The van der Waals surface area contributed by atoms with Gasteiger partial charge in [0.25, 0.3) is 0 Å². The zero-order valence-corrected chi connectivity index (χ0v) is 14.2. The van der Waals surface area contributed by atoms with Gasteiger partial charge in [0.05, 0.1) is 6.61 Å². The first-order valence-electron chi connectivity index (χ1n) is 8.46. The summed E-state index contributed by atoms with van der Waals surface area (Å²) in [4.78, 5) is 35.2. The van der Waals surface area contributed by atoms with Gasteiger partial charge in [-0.2, -0.15) is 0 Å². The molecule has 130 valence electrons. The van der Waals surface area contributed by atoms with Crippen molar-refractivity contribution in [2.75, 3.05) is 6.61 Å². The predicted octanol–water partition coefficient (Wildman–Crippen LogP) is 3.43. The van der Waals surface area contributed by atoms with E-state index in [1.54, 1.807) is 12.1 Å². The minimum atomic E-state index is -1.29. The molecule has 1 fully saturated rings. The van der Waals surface area contributed by atoms with Gasteiger partial charge < -0.3 is 9.84 Å². The number of ketones is 1. The number of carboxylic acids is 1. The number of Topliss-reactive ketones (excluding diaryl/α,β-unsaturated/α-hetero) is 1. The average molecular weight is 332 g/mol. The summed E-state index contributed by atoms with van der Waals surface area (Å²) in [6, 6.07) is 7.50. The highest BCUT2D eigenvalue weighted by Gasteiger charge is 2.33. The summed E-state index contributed by atoms with van der Waals surface area (Å²) in [5, 5.41) is 9.14. The number of benzene rings is 1.